The molecule has 0 saturated carbocycles. The molecule has 0 saturated heterocycles. The van der Waals surface area contributed by atoms with Gasteiger partial charge < -0.3 is 11.1 Å². The Labute approximate surface area is 130 Å². The zero-order chi connectivity index (χ0) is 14.0. The van der Waals surface area contributed by atoms with Gasteiger partial charge in [-0.1, -0.05) is 27.7 Å². The number of carbonyl (C=O) groups excluding carboxylic acids is 2. The molecule has 1 aliphatic rings. The molecule has 8 heteroatoms. The van der Waals surface area contributed by atoms with Crippen molar-refractivity contribution in [2.45, 2.75) is 11.7 Å². The van der Waals surface area contributed by atoms with Crippen molar-refractivity contribution >= 4 is 66.3 Å². The molecule has 0 bridgehead atoms. The highest BCUT2D eigenvalue weighted by Gasteiger charge is 2.29. The van der Waals surface area contributed by atoms with Crippen LogP contribution in [0.4, 0.5) is 5.69 Å². The van der Waals surface area contributed by atoms with Crippen LogP contribution in [0.25, 0.3) is 0 Å². The average molecular weight is 407 g/mol. The molecule has 2 rings (SSSR count). The number of amides is 2. The van der Waals surface area contributed by atoms with Gasteiger partial charge in [0.2, 0.25) is 5.91 Å². The molecule has 0 aromatic heterocycles. The first kappa shape index (κ1) is 14.5. The number of nitrogens with one attached hydrogen (secondary N) is 1. The van der Waals surface area contributed by atoms with Crippen molar-refractivity contribution in [3.8, 4) is 0 Å². The first-order valence-corrected chi connectivity index (χ1v) is 7.72. The van der Waals surface area contributed by atoms with Crippen LogP contribution in [0.1, 0.15) is 6.42 Å². The number of benzene rings is 1. The molecule has 0 fully saturated rings. The third kappa shape index (κ3) is 3.80. The minimum atomic E-state index is -0.519. The minimum Gasteiger partial charge on any atom is -0.378 e. The Morgan fingerprint density at radius 2 is 2.21 bits per heavy atom. The smallest absolute Gasteiger partial charge is 0.262 e. The van der Waals surface area contributed by atoms with E-state index in [1.165, 1.54) is 0 Å². The molecule has 0 spiro atoms. The lowest BCUT2D eigenvalue weighted by molar-refractivity contribution is -0.121. The van der Waals surface area contributed by atoms with Crippen molar-refractivity contribution in [3.05, 3.63) is 27.1 Å². The summed E-state index contributed by atoms with van der Waals surface area (Å²) in [6.07, 6.45) is 0.0518. The first-order chi connectivity index (χ1) is 8.95. The monoisotopic (exact) mass is 405 g/mol. The van der Waals surface area contributed by atoms with Gasteiger partial charge in [0, 0.05) is 15.4 Å². The zero-order valence-corrected chi connectivity index (χ0v) is 13.5. The predicted octanol–water partition coefficient (Wildman–Crippen LogP) is 2.50. The summed E-state index contributed by atoms with van der Waals surface area (Å²) in [7, 11) is 0. The van der Waals surface area contributed by atoms with Gasteiger partial charge in [0.1, 0.15) is 5.25 Å². The molecule has 5 nitrogen and oxygen atoms in total. The van der Waals surface area contributed by atoms with Crippen molar-refractivity contribution in [3.63, 3.8) is 0 Å². The SMILES string of the molecule is NC1=NC(=O)[C@H](CC(=O)Nc2ccc(Br)cc2Br)S1. The van der Waals surface area contributed by atoms with E-state index >= 15 is 0 Å². The van der Waals surface area contributed by atoms with Crippen LogP contribution < -0.4 is 11.1 Å². The molecule has 1 heterocycles. The Morgan fingerprint density at radius 1 is 1.47 bits per heavy atom. The van der Waals surface area contributed by atoms with Crippen molar-refractivity contribution in [1.82, 2.24) is 0 Å². The third-order valence-corrected chi connectivity index (χ3v) is 4.47. The fourth-order valence-corrected chi connectivity index (χ4v) is 3.46. The maximum atomic E-state index is 11.9. The van der Waals surface area contributed by atoms with E-state index in [-0.39, 0.29) is 23.4 Å². The normalized spacial score (nSPS) is 18.3. The van der Waals surface area contributed by atoms with Crippen molar-refractivity contribution in [2.24, 2.45) is 10.7 Å². The molecular formula is C11H9Br2N3O2S. The molecular weight excluding hydrogens is 398 g/mol. The fourth-order valence-electron chi connectivity index (χ4n) is 1.49. The van der Waals surface area contributed by atoms with Crippen LogP contribution >= 0.6 is 43.6 Å². The highest BCUT2D eigenvalue weighted by Crippen LogP contribution is 2.27. The maximum absolute atomic E-state index is 11.9. The third-order valence-electron chi connectivity index (χ3n) is 2.33. The van der Waals surface area contributed by atoms with E-state index < -0.39 is 5.25 Å². The van der Waals surface area contributed by atoms with Crippen molar-refractivity contribution in [2.75, 3.05) is 5.32 Å². The van der Waals surface area contributed by atoms with E-state index in [0.29, 0.717) is 5.69 Å². The van der Waals surface area contributed by atoms with E-state index in [2.05, 4.69) is 42.2 Å². The number of rotatable bonds is 3. The van der Waals surface area contributed by atoms with E-state index in [9.17, 15) is 9.59 Å². The number of nitrogens with zero attached hydrogens (tertiary/aromatic N) is 1. The van der Waals surface area contributed by atoms with E-state index in [4.69, 9.17) is 5.73 Å². The number of hydrogen-bond donors (Lipinski definition) is 2. The van der Waals surface area contributed by atoms with Crippen LogP contribution in [0.15, 0.2) is 32.1 Å². The highest BCUT2D eigenvalue weighted by molar-refractivity contribution is 9.11. The summed E-state index contributed by atoms with van der Waals surface area (Å²) in [6, 6.07) is 5.41. The lowest BCUT2D eigenvalue weighted by Gasteiger charge is -2.09. The van der Waals surface area contributed by atoms with Crippen LogP contribution in [0.5, 0.6) is 0 Å². The molecule has 0 aliphatic carbocycles. The second-order valence-corrected chi connectivity index (χ2v) is 6.76. The number of thioether (sulfide) groups is 1. The van der Waals surface area contributed by atoms with Crippen LogP contribution in [0.3, 0.4) is 0 Å². The molecule has 0 radical (unpaired) electrons. The standard InChI is InChI=1S/C11H9Br2N3O2S/c12-5-1-2-7(6(13)3-5)15-9(17)4-8-10(18)16-11(14)19-8/h1-3,8H,4H2,(H,15,17)(H2,14,16,18)/t8-/m0/s1. The van der Waals surface area contributed by atoms with Crippen molar-refractivity contribution in [1.29, 1.82) is 0 Å². The van der Waals surface area contributed by atoms with Crippen LogP contribution in [0, 0.1) is 0 Å². The Balaban J connectivity index is 1.97. The number of carbonyl (C=O) groups is 2. The quantitative estimate of drug-likeness (QED) is 0.807. The summed E-state index contributed by atoms with van der Waals surface area (Å²) < 4.78 is 1.66. The zero-order valence-electron chi connectivity index (χ0n) is 9.52. The van der Waals surface area contributed by atoms with Gasteiger partial charge in [0.15, 0.2) is 5.17 Å². The minimum absolute atomic E-state index is 0.0518. The largest absolute Gasteiger partial charge is 0.378 e. The summed E-state index contributed by atoms with van der Waals surface area (Å²) >= 11 is 7.80. The summed E-state index contributed by atoms with van der Waals surface area (Å²) in [5.41, 5.74) is 6.08. The highest BCUT2D eigenvalue weighted by atomic mass is 79.9. The van der Waals surface area contributed by atoms with Gasteiger partial charge in [-0.2, -0.15) is 4.99 Å². The second kappa shape index (κ2) is 6.06. The molecule has 2 amide bonds. The fraction of sp³-hybridized carbons (Fsp3) is 0.182. The summed E-state index contributed by atoms with van der Waals surface area (Å²) in [4.78, 5) is 26.8. The number of aliphatic imine (C=N–C) groups is 1. The lowest BCUT2D eigenvalue weighted by Crippen LogP contribution is -2.21. The maximum Gasteiger partial charge on any atom is 0.262 e. The van der Waals surface area contributed by atoms with E-state index in [0.717, 1.165) is 20.7 Å². The molecule has 1 aliphatic heterocycles. The summed E-state index contributed by atoms with van der Waals surface area (Å²) in [5.74, 6) is -0.605. The summed E-state index contributed by atoms with van der Waals surface area (Å²) in [5, 5.41) is 2.43. The number of amidine groups is 1. The molecule has 100 valence electrons. The van der Waals surface area contributed by atoms with Crippen LogP contribution in [0.2, 0.25) is 0 Å². The van der Waals surface area contributed by atoms with Gasteiger partial charge in [-0.05, 0) is 34.1 Å². The first-order valence-electron chi connectivity index (χ1n) is 5.25. The number of anilines is 1. The molecule has 1 atom stereocenters. The Kier molecular flexibility index (Phi) is 4.64. The molecule has 0 unspecified atom stereocenters. The van der Waals surface area contributed by atoms with Crippen LogP contribution in [-0.2, 0) is 9.59 Å². The van der Waals surface area contributed by atoms with Gasteiger partial charge in [0.25, 0.3) is 5.91 Å². The Morgan fingerprint density at radius 3 is 2.79 bits per heavy atom. The average Bonchev–Trinajstić information content (AvgIpc) is 2.61. The molecule has 1 aromatic rings. The predicted molar refractivity (Wildman–Crippen MR) is 83.1 cm³/mol. The van der Waals surface area contributed by atoms with Crippen LogP contribution in [-0.4, -0.2) is 22.2 Å². The number of hydrogen-bond acceptors (Lipinski definition) is 4. The molecule has 1 aromatic carbocycles. The Hall–Kier alpha value is -0.860. The summed E-state index contributed by atoms with van der Waals surface area (Å²) in [6.45, 7) is 0. The second-order valence-electron chi connectivity index (χ2n) is 3.77. The molecule has 3 N–H and O–H groups in total. The van der Waals surface area contributed by atoms with Gasteiger partial charge in [-0.3, -0.25) is 9.59 Å². The molecule has 19 heavy (non-hydrogen) atoms. The van der Waals surface area contributed by atoms with E-state index in [1.54, 1.807) is 6.07 Å². The topological polar surface area (TPSA) is 84.5 Å². The lowest BCUT2D eigenvalue weighted by atomic mass is 10.2. The van der Waals surface area contributed by atoms with Gasteiger partial charge >= 0.3 is 0 Å². The van der Waals surface area contributed by atoms with Gasteiger partial charge in [-0.25, -0.2) is 0 Å². The van der Waals surface area contributed by atoms with Gasteiger partial charge in [-0.15, -0.1) is 0 Å². The van der Waals surface area contributed by atoms with E-state index in [1.807, 2.05) is 12.1 Å². The van der Waals surface area contributed by atoms with Gasteiger partial charge in [0.05, 0.1) is 5.69 Å². The number of nitrogens with two attached hydrogens (primary N) is 1. The van der Waals surface area contributed by atoms with Crippen molar-refractivity contribution < 1.29 is 9.59 Å². The Bertz CT molecular complexity index is 577. The number of halogens is 2.